The summed E-state index contributed by atoms with van der Waals surface area (Å²) in [4.78, 5) is 0. The lowest BCUT2D eigenvalue weighted by Crippen LogP contribution is -1.85. The molecular weight excluding hydrogens is 709 g/mol. The molecule has 12 nitrogen and oxygen atoms in total. The van der Waals surface area contributed by atoms with Gasteiger partial charge < -0.3 is 61.3 Å². The van der Waals surface area contributed by atoms with Gasteiger partial charge >= 0.3 is 0 Å². The quantitative estimate of drug-likeness (QED) is 0.148. The molecule has 0 atom stereocenters. The van der Waals surface area contributed by atoms with Gasteiger partial charge in [0.2, 0.25) is 0 Å². The van der Waals surface area contributed by atoms with E-state index >= 15 is 0 Å². The van der Waals surface area contributed by atoms with Crippen LogP contribution in [0.5, 0.6) is 0 Å². The Morgan fingerprint density at radius 3 is 0.333 bits per heavy atom. The molecule has 0 radical (unpaired) electrons. The minimum Gasteiger partial charge on any atom is -0.397 e. The normalized spacial score (nSPS) is 7.53. The first-order chi connectivity index (χ1) is 22.2. The molecule has 51 heavy (non-hydrogen) atoms. The molecule has 0 rings (SSSR count). The zero-order chi connectivity index (χ0) is 41.6. The van der Waals surface area contributed by atoms with Crippen LogP contribution in [0.1, 0.15) is 162 Å². The van der Waals surface area contributed by atoms with Gasteiger partial charge in [-0.1, -0.05) is 53.4 Å². The van der Waals surface area contributed by atoms with Crippen molar-refractivity contribution in [3.63, 3.8) is 0 Å². The Morgan fingerprint density at radius 2 is 0.333 bits per heavy atom. The van der Waals surface area contributed by atoms with Crippen LogP contribution in [0.15, 0.2) is 0 Å². The van der Waals surface area contributed by atoms with Crippen molar-refractivity contribution in [2.24, 2.45) is 0 Å². The van der Waals surface area contributed by atoms with Gasteiger partial charge in [0.05, 0.1) is 0 Å². The summed E-state index contributed by atoms with van der Waals surface area (Å²) in [6.45, 7) is 31.1. The first-order valence-electron chi connectivity index (χ1n) is 17.8. The molecule has 0 saturated carbocycles. The van der Waals surface area contributed by atoms with E-state index in [0.717, 1.165) is 51.4 Å². The van der Waals surface area contributed by atoms with Crippen LogP contribution in [0.25, 0.3) is 0 Å². The molecule has 15 heteroatoms. The molecule has 0 fully saturated rings. The maximum atomic E-state index is 8.07. The lowest BCUT2D eigenvalue weighted by Gasteiger charge is -1.80. The van der Waals surface area contributed by atoms with Gasteiger partial charge in [0.25, 0.3) is 0 Å². The van der Waals surface area contributed by atoms with Crippen LogP contribution in [0.4, 0.5) is 0 Å². The molecule has 0 aliphatic heterocycles. The third-order valence-electron chi connectivity index (χ3n) is 2.05. The maximum absolute atomic E-state index is 8.07. The minimum atomic E-state index is -0.167. The van der Waals surface area contributed by atoms with Gasteiger partial charge in [-0.15, -0.1) is 0 Å². The summed E-state index contributed by atoms with van der Waals surface area (Å²) >= 11 is 0. The fraction of sp³-hybridized carbons (Fsp3) is 1.00. The lowest BCUT2D eigenvalue weighted by molar-refractivity contribution is 0.215. The van der Waals surface area contributed by atoms with E-state index < -0.39 is 0 Å². The van der Waals surface area contributed by atoms with Crippen LogP contribution >= 0.6 is 0 Å². The second-order valence-electron chi connectivity index (χ2n) is 9.95. The summed E-state index contributed by atoms with van der Waals surface area (Å²) in [7, 11) is 0. The van der Waals surface area contributed by atoms with Crippen LogP contribution in [0.2, 0.25) is 0 Å². The fourth-order valence-electron chi connectivity index (χ4n) is 0.632. The molecule has 0 saturated heterocycles. The molecule has 0 aromatic heterocycles. The number of aliphatic hydroxyl groups excluding tert-OH is 12. The summed E-state index contributed by atoms with van der Waals surface area (Å²) in [5, 5.41) is 94.8. The van der Waals surface area contributed by atoms with Gasteiger partial charge in [-0.3, -0.25) is 0 Å². The Labute approximate surface area is 332 Å². The largest absolute Gasteiger partial charge is 0.397 e. The van der Waals surface area contributed by atoms with Crippen molar-refractivity contribution >= 4 is 32.9 Å². The number of hydrogen-bond donors (Lipinski definition) is 12. The molecule has 336 valence electrons. The average Bonchev–Trinajstić information content (AvgIpc) is 2.92. The predicted octanol–water partition coefficient (Wildman–Crippen LogP) is 0.303. The second-order valence-corrected chi connectivity index (χ2v) is 9.95. The maximum Gasteiger partial charge on any atom is 0.0483 e. The van der Waals surface area contributed by atoms with Crippen LogP contribution in [-0.4, -0.2) is 171 Å². The molecule has 0 spiro atoms. The Hall–Kier alpha value is 0.171. The third-order valence-corrected chi connectivity index (χ3v) is 2.05. The molecule has 12 N–H and O–H groups in total. The first kappa shape index (κ1) is 98.4. The van der Waals surface area contributed by atoms with E-state index in [9.17, 15) is 0 Å². The van der Waals surface area contributed by atoms with Gasteiger partial charge in [0.15, 0.2) is 0 Å². The highest BCUT2D eigenvalue weighted by molar-refractivity contribution is 5.76. The van der Waals surface area contributed by atoms with Crippen LogP contribution in [-0.2, 0) is 0 Å². The lowest BCUT2D eigenvalue weighted by atomic mass is 10.4. The SMILES string of the molecule is CC(C)O.CC(C)O.CC(C)O.CC(C)O.CCCCO.CCCCO.CCCCO.CCCCO.CCO.CCO.CCO.CCO.[SiH4].[SiH4].[SiH4]. The molecule has 0 aromatic carbocycles. The van der Waals surface area contributed by atoms with Crippen molar-refractivity contribution in [2.45, 2.75) is 187 Å². The van der Waals surface area contributed by atoms with Crippen molar-refractivity contribution in [1.29, 1.82) is 0 Å². The van der Waals surface area contributed by atoms with Crippen molar-refractivity contribution in [3.8, 4) is 0 Å². The summed E-state index contributed by atoms with van der Waals surface area (Å²) in [6.07, 6.45) is 7.49. The fourth-order valence-corrected chi connectivity index (χ4v) is 0.632. The highest BCUT2D eigenvalue weighted by Crippen LogP contribution is 1.80. The summed E-state index contributed by atoms with van der Waals surface area (Å²) < 4.78 is 0. The molecule has 0 heterocycles. The Balaban J connectivity index is -0.0000000213. The molecule has 0 amide bonds. The van der Waals surface area contributed by atoms with E-state index in [1.807, 2.05) is 0 Å². The van der Waals surface area contributed by atoms with E-state index in [2.05, 4.69) is 27.7 Å². The Bertz CT molecular complexity index is 242. The molecule has 0 unspecified atom stereocenters. The number of hydrogen-bond acceptors (Lipinski definition) is 12. The van der Waals surface area contributed by atoms with E-state index in [4.69, 9.17) is 61.3 Å². The van der Waals surface area contributed by atoms with Crippen molar-refractivity contribution in [3.05, 3.63) is 0 Å². The van der Waals surface area contributed by atoms with Crippen molar-refractivity contribution in [1.82, 2.24) is 0 Å². The molecule has 0 aliphatic rings. The number of unbranched alkanes of at least 4 members (excludes halogenated alkanes) is 4. The zero-order valence-electron chi connectivity index (χ0n) is 35.0. The highest BCUT2D eigenvalue weighted by atomic mass is 28.1. The monoisotopic (exact) mass is 817 g/mol. The average molecular weight is 818 g/mol. The van der Waals surface area contributed by atoms with Gasteiger partial charge in [-0.25, -0.2) is 0 Å². The van der Waals surface area contributed by atoms with E-state index in [1.54, 1.807) is 83.1 Å². The number of rotatable bonds is 8. The smallest absolute Gasteiger partial charge is 0.0483 e. The zero-order valence-corrected chi connectivity index (χ0v) is 35.0. The van der Waals surface area contributed by atoms with E-state index in [0.29, 0.717) is 26.4 Å². The minimum absolute atomic E-state index is 0. The summed E-state index contributed by atoms with van der Waals surface area (Å²) in [6, 6.07) is 0. The molecule has 0 aromatic rings. The summed E-state index contributed by atoms with van der Waals surface area (Å²) in [5.74, 6) is 0. The van der Waals surface area contributed by atoms with E-state index in [1.165, 1.54) is 0 Å². The standard InChI is InChI=1S/4C4H10O.4C3H8O.4C2H6O.3H4Si/c4*1-2-3-4-5;4*1-3(2)4;4*1-2-3;;;/h4*5H,2-4H2,1H3;4*3-4H,1-2H3;4*3H,2H2,1H3;3*1H4. The van der Waals surface area contributed by atoms with Crippen molar-refractivity contribution in [2.75, 3.05) is 52.9 Å². The van der Waals surface area contributed by atoms with Crippen LogP contribution in [0.3, 0.4) is 0 Å². The highest BCUT2D eigenvalue weighted by Gasteiger charge is 1.72. The van der Waals surface area contributed by atoms with Gasteiger partial charge in [-0.05, 0) is 142 Å². The van der Waals surface area contributed by atoms with Gasteiger partial charge in [0, 0.05) is 77.3 Å². The Kier molecular flexibility index (Phi) is 295. The molecular formula is C36H108O12Si3. The third kappa shape index (κ3) is 1740. The molecule has 0 aliphatic carbocycles. The second kappa shape index (κ2) is 153. The van der Waals surface area contributed by atoms with E-state index in [-0.39, 0.29) is 83.7 Å². The topological polar surface area (TPSA) is 243 Å². The van der Waals surface area contributed by atoms with Gasteiger partial charge in [0.1, 0.15) is 0 Å². The predicted molar refractivity (Wildman–Crippen MR) is 242 cm³/mol. The van der Waals surface area contributed by atoms with Crippen LogP contribution in [0, 0.1) is 0 Å². The number of aliphatic hydroxyl groups is 12. The summed E-state index contributed by atoms with van der Waals surface area (Å²) in [5.41, 5.74) is 0. The Morgan fingerprint density at radius 1 is 0.275 bits per heavy atom. The van der Waals surface area contributed by atoms with Gasteiger partial charge in [-0.2, -0.15) is 0 Å². The van der Waals surface area contributed by atoms with Crippen LogP contribution < -0.4 is 0 Å². The first-order valence-corrected chi connectivity index (χ1v) is 17.8. The van der Waals surface area contributed by atoms with Crippen molar-refractivity contribution < 1.29 is 61.3 Å². The molecule has 0 bridgehead atoms.